The third-order valence-electron chi connectivity index (χ3n) is 3.99. The van der Waals surface area contributed by atoms with E-state index < -0.39 is 5.60 Å². The predicted octanol–water partition coefficient (Wildman–Crippen LogP) is 2.56. The van der Waals surface area contributed by atoms with E-state index in [1.807, 2.05) is 48.5 Å². The number of anilines is 1. The SMILES string of the molecule is COC[C@@](O)(c1ccccc1)[C@@H]1Cc2ccccc2N1. The van der Waals surface area contributed by atoms with Crippen LogP contribution in [-0.2, 0) is 16.8 Å². The van der Waals surface area contributed by atoms with Crippen LogP contribution in [-0.4, -0.2) is 24.9 Å². The first kappa shape index (κ1) is 13.2. The Morgan fingerprint density at radius 2 is 1.85 bits per heavy atom. The Morgan fingerprint density at radius 3 is 2.55 bits per heavy atom. The zero-order valence-corrected chi connectivity index (χ0v) is 11.5. The molecule has 2 aromatic carbocycles. The third-order valence-corrected chi connectivity index (χ3v) is 3.99. The van der Waals surface area contributed by atoms with E-state index >= 15 is 0 Å². The van der Waals surface area contributed by atoms with Gasteiger partial charge in [-0.25, -0.2) is 0 Å². The van der Waals surface area contributed by atoms with Gasteiger partial charge in [-0.1, -0.05) is 48.5 Å². The molecule has 0 unspecified atom stereocenters. The number of methoxy groups -OCH3 is 1. The molecular formula is C17H19NO2. The van der Waals surface area contributed by atoms with E-state index in [1.165, 1.54) is 5.56 Å². The van der Waals surface area contributed by atoms with Gasteiger partial charge in [-0.2, -0.15) is 0 Å². The monoisotopic (exact) mass is 269 g/mol. The van der Waals surface area contributed by atoms with Gasteiger partial charge in [-0.15, -0.1) is 0 Å². The standard InChI is InChI=1S/C17H19NO2/c1-20-12-17(19,14-8-3-2-4-9-14)16-11-13-7-5-6-10-15(13)18-16/h2-10,16,18-19H,11-12H2,1H3/t16-,17+/m0/s1. The molecule has 0 radical (unpaired) electrons. The van der Waals surface area contributed by atoms with Crippen molar-refractivity contribution in [3.05, 3.63) is 65.7 Å². The van der Waals surface area contributed by atoms with Crippen molar-refractivity contribution in [3.63, 3.8) is 0 Å². The summed E-state index contributed by atoms with van der Waals surface area (Å²) in [5.74, 6) is 0. The molecule has 2 N–H and O–H groups in total. The second kappa shape index (κ2) is 5.27. The zero-order valence-electron chi connectivity index (χ0n) is 11.5. The first-order valence-corrected chi connectivity index (χ1v) is 6.85. The molecule has 2 aromatic rings. The normalized spacial score (nSPS) is 20.0. The van der Waals surface area contributed by atoms with Gasteiger partial charge < -0.3 is 15.2 Å². The number of hydrogen-bond acceptors (Lipinski definition) is 3. The Kier molecular flexibility index (Phi) is 3.47. The fourth-order valence-electron chi connectivity index (χ4n) is 2.92. The number of nitrogens with one attached hydrogen (secondary N) is 1. The molecule has 0 bridgehead atoms. The Bertz CT molecular complexity index is 560. The molecule has 3 nitrogen and oxygen atoms in total. The van der Waals surface area contributed by atoms with Crippen LogP contribution in [0.5, 0.6) is 0 Å². The number of para-hydroxylation sites is 1. The van der Waals surface area contributed by atoms with Crippen LogP contribution in [0.4, 0.5) is 5.69 Å². The molecule has 104 valence electrons. The van der Waals surface area contributed by atoms with Gasteiger partial charge in [0, 0.05) is 12.8 Å². The van der Waals surface area contributed by atoms with Crippen LogP contribution < -0.4 is 5.32 Å². The van der Waals surface area contributed by atoms with Crippen LogP contribution >= 0.6 is 0 Å². The van der Waals surface area contributed by atoms with Crippen LogP contribution in [0.2, 0.25) is 0 Å². The van der Waals surface area contributed by atoms with Gasteiger partial charge in [-0.05, 0) is 23.6 Å². The molecule has 1 heterocycles. The lowest BCUT2D eigenvalue weighted by Gasteiger charge is -2.34. The van der Waals surface area contributed by atoms with E-state index in [4.69, 9.17) is 4.74 Å². The molecule has 0 spiro atoms. The van der Waals surface area contributed by atoms with Crippen molar-refractivity contribution in [1.82, 2.24) is 0 Å². The summed E-state index contributed by atoms with van der Waals surface area (Å²) >= 11 is 0. The number of benzene rings is 2. The summed E-state index contributed by atoms with van der Waals surface area (Å²) < 4.78 is 5.28. The van der Waals surface area contributed by atoms with Crippen molar-refractivity contribution in [2.24, 2.45) is 0 Å². The number of ether oxygens (including phenoxy) is 1. The molecule has 3 rings (SSSR count). The molecule has 0 saturated carbocycles. The van der Waals surface area contributed by atoms with Crippen molar-refractivity contribution in [1.29, 1.82) is 0 Å². The predicted molar refractivity (Wildman–Crippen MR) is 79.8 cm³/mol. The molecule has 20 heavy (non-hydrogen) atoms. The van der Waals surface area contributed by atoms with Crippen LogP contribution in [0.15, 0.2) is 54.6 Å². The summed E-state index contributed by atoms with van der Waals surface area (Å²) in [6.07, 6.45) is 0.797. The fourth-order valence-corrected chi connectivity index (χ4v) is 2.92. The first-order valence-electron chi connectivity index (χ1n) is 6.85. The number of rotatable bonds is 4. The van der Waals surface area contributed by atoms with E-state index in [0.717, 1.165) is 17.7 Å². The van der Waals surface area contributed by atoms with Gasteiger partial charge in [0.2, 0.25) is 0 Å². The molecule has 1 aliphatic heterocycles. The summed E-state index contributed by atoms with van der Waals surface area (Å²) in [6, 6.07) is 17.8. The van der Waals surface area contributed by atoms with E-state index in [0.29, 0.717) is 0 Å². The van der Waals surface area contributed by atoms with Crippen molar-refractivity contribution < 1.29 is 9.84 Å². The Balaban J connectivity index is 1.93. The highest BCUT2D eigenvalue weighted by molar-refractivity contribution is 5.58. The minimum Gasteiger partial charge on any atom is -0.381 e. The molecular weight excluding hydrogens is 250 g/mol. The molecule has 3 heteroatoms. The van der Waals surface area contributed by atoms with Crippen LogP contribution in [0, 0.1) is 0 Å². The molecule has 0 amide bonds. The lowest BCUT2D eigenvalue weighted by molar-refractivity contribution is -0.0485. The number of hydrogen-bond donors (Lipinski definition) is 2. The maximum atomic E-state index is 11.2. The maximum Gasteiger partial charge on any atom is 0.133 e. The van der Waals surface area contributed by atoms with Gasteiger partial charge in [0.05, 0.1) is 12.6 Å². The largest absolute Gasteiger partial charge is 0.381 e. The Morgan fingerprint density at radius 1 is 1.15 bits per heavy atom. The van der Waals surface area contributed by atoms with Gasteiger partial charge in [0.15, 0.2) is 0 Å². The average Bonchev–Trinajstić information content (AvgIpc) is 2.93. The number of aliphatic hydroxyl groups is 1. The quantitative estimate of drug-likeness (QED) is 0.896. The van der Waals surface area contributed by atoms with Crippen molar-refractivity contribution in [2.45, 2.75) is 18.1 Å². The maximum absolute atomic E-state index is 11.2. The molecule has 0 saturated heterocycles. The highest BCUT2D eigenvalue weighted by Crippen LogP contribution is 2.36. The molecule has 0 fully saturated rings. The zero-order chi connectivity index (χ0) is 14.0. The van der Waals surface area contributed by atoms with E-state index in [1.54, 1.807) is 7.11 Å². The van der Waals surface area contributed by atoms with Gasteiger partial charge >= 0.3 is 0 Å². The molecule has 0 aliphatic carbocycles. The van der Waals surface area contributed by atoms with Crippen LogP contribution in [0.1, 0.15) is 11.1 Å². The van der Waals surface area contributed by atoms with E-state index in [2.05, 4.69) is 11.4 Å². The number of fused-ring (bicyclic) bond motifs is 1. The van der Waals surface area contributed by atoms with E-state index in [-0.39, 0.29) is 12.6 Å². The Labute approximate surface area is 119 Å². The topological polar surface area (TPSA) is 41.5 Å². The Hall–Kier alpha value is -1.84. The molecule has 0 aromatic heterocycles. The molecule has 1 aliphatic rings. The minimum absolute atomic E-state index is 0.0813. The lowest BCUT2D eigenvalue weighted by atomic mass is 9.85. The second-order valence-corrected chi connectivity index (χ2v) is 5.28. The highest BCUT2D eigenvalue weighted by atomic mass is 16.5. The summed E-state index contributed by atoms with van der Waals surface area (Å²) in [7, 11) is 1.62. The second-order valence-electron chi connectivity index (χ2n) is 5.28. The van der Waals surface area contributed by atoms with Crippen molar-refractivity contribution >= 4 is 5.69 Å². The van der Waals surface area contributed by atoms with Gasteiger partial charge in [0.25, 0.3) is 0 Å². The fraction of sp³-hybridized carbons (Fsp3) is 0.294. The van der Waals surface area contributed by atoms with Crippen LogP contribution in [0.25, 0.3) is 0 Å². The smallest absolute Gasteiger partial charge is 0.133 e. The summed E-state index contributed by atoms with van der Waals surface area (Å²) in [6.45, 7) is 0.267. The summed E-state index contributed by atoms with van der Waals surface area (Å²) in [5.41, 5.74) is 2.19. The highest BCUT2D eigenvalue weighted by Gasteiger charge is 2.41. The third kappa shape index (κ3) is 2.19. The lowest BCUT2D eigenvalue weighted by Crippen LogP contribution is -2.47. The van der Waals surface area contributed by atoms with E-state index in [9.17, 15) is 5.11 Å². The van der Waals surface area contributed by atoms with Gasteiger partial charge in [0.1, 0.15) is 5.60 Å². The van der Waals surface area contributed by atoms with Gasteiger partial charge in [-0.3, -0.25) is 0 Å². The summed E-state index contributed by atoms with van der Waals surface area (Å²) in [4.78, 5) is 0. The minimum atomic E-state index is -1.03. The first-order chi connectivity index (χ1) is 9.74. The van der Waals surface area contributed by atoms with Crippen molar-refractivity contribution in [2.75, 3.05) is 19.0 Å². The molecule has 2 atom stereocenters. The average molecular weight is 269 g/mol. The summed E-state index contributed by atoms with van der Waals surface area (Å²) in [5, 5.41) is 14.6. The van der Waals surface area contributed by atoms with Crippen molar-refractivity contribution in [3.8, 4) is 0 Å². The van der Waals surface area contributed by atoms with Crippen LogP contribution in [0.3, 0.4) is 0 Å².